The van der Waals surface area contributed by atoms with Crippen LogP contribution in [-0.4, -0.2) is 17.9 Å². The number of nitrogens with two attached hydrogens (primary N) is 1. The van der Waals surface area contributed by atoms with E-state index in [-0.39, 0.29) is 12.3 Å². The van der Waals surface area contributed by atoms with Gasteiger partial charge in [0.2, 0.25) is 11.8 Å². The fourth-order valence-electron chi connectivity index (χ4n) is 1.37. The maximum absolute atomic E-state index is 11.5. The van der Waals surface area contributed by atoms with Crippen molar-refractivity contribution in [1.82, 2.24) is 5.32 Å². The van der Waals surface area contributed by atoms with Crippen LogP contribution in [0.4, 0.5) is 0 Å². The Morgan fingerprint density at radius 3 is 2.69 bits per heavy atom. The Labute approximate surface area is 94.8 Å². The first-order valence-electron chi connectivity index (χ1n) is 5.13. The number of benzene rings is 1. The molecule has 4 nitrogen and oxygen atoms in total. The molecule has 0 bridgehead atoms. The molecule has 0 aliphatic rings. The fourth-order valence-corrected chi connectivity index (χ4v) is 1.37. The Morgan fingerprint density at radius 2 is 2.12 bits per heavy atom. The summed E-state index contributed by atoms with van der Waals surface area (Å²) in [5.74, 6) is -0.727. The third kappa shape index (κ3) is 3.73. The van der Waals surface area contributed by atoms with Crippen LogP contribution in [0.5, 0.6) is 0 Å². The highest BCUT2D eigenvalue weighted by Crippen LogP contribution is 2.04. The molecule has 0 aromatic heterocycles. The highest BCUT2D eigenvalue weighted by Gasteiger charge is 2.12. The van der Waals surface area contributed by atoms with Gasteiger partial charge in [0.1, 0.15) is 6.04 Å². The van der Waals surface area contributed by atoms with Gasteiger partial charge in [-0.1, -0.05) is 29.8 Å². The van der Waals surface area contributed by atoms with E-state index in [1.807, 2.05) is 31.2 Å². The molecule has 86 valence electrons. The molecule has 0 aliphatic carbocycles. The molecule has 0 radical (unpaired) electrons. The average Bonchev–Trinajstić information content (AvgIpc) is 2.16. The van der Waals surface area contributed by atoms with Crippen molar-refractivity contribution in [3.63, 3.8) is 0 Å². The standard InChI is InChI=1S/C12H16N2O2/c1-8-4-3-5-10(6-8)7-11(15)14-9(2)12(13)16/h3-6,9H,7H2,1-2H3,(H2,13,16)(H,14,15). The first kappa shape index (κ1) is 12.2. The van der Waals surface area contributed by atoms with E-state index in [2.05, 4.69) is 5.32 Å². The van der Waals surface area contributed by atoms with Gasteiger partial charge in [0.25, 0.3) is 0 Å². The Morgan fingerprint density at radius 1 is 1.44 bits per heavy atom. The molecule has 2 amide bonds. The number of aryl methyl sites for hydroxylation is 1. The number of hydrogen-bond acceptors (Lipinski definition) is 2. The molecule has 1 rings (SSSR count). The summed E-state index contributed by atoms with van der Waals surface area (Å²) in [5, 5.41) is 2.53. The van der Waals surface area contributed by atoms with Crippen LogP contribution in [0, 0.1) is 6.92 Å². The number of hydrogen-bond donors (Lipinski definition) is 2. The van der Waals surface area contributed by atoms with Crippen molar-refractivity contribution in [2.75, 3.05) is 0 Å². The van der Waals surface area contributed by atoms with Crippen molar-refractivity contribution in [2.45, 2.75) is 26.3 Å². The Balaban J connectivity index is 2.55. The Hall–Kier alpha value is -1.84. The van der Waals surface area contributed by atoms with Crippen molar-refractivity contribution in [3.05, 3.63) is 35.4 Å². The molecule has 0 spiro atoms. The summed E-state index contributed by atoms with van der Waals surface area (Å²) >= 11 is 0. The molecule has 0 heterocycles. The van der Waals surface area contributed by atoms with Crippen LogP contribution < -0.4 is 11.1 Å². The zero-order chi connectivity index (χ0) is 12.1. The SMILES string of the molecule is Cc1cccc(CC(=O)NC(C)C(N)=O)c1. The lowest BCUT2D eigenvalue weighted by atomic mass is 10.1. The normalized spacial score (nSPS) is 11.9. The molecular formula is C12H16N2O2. The zero-order valence-corrected chi connectivity index (χ0v) is 9.49. The summed E-state index contributed by atoms with van der Waals surface area (Å²) in [5.41, 5.74) is 7.08. The Bertz CT molecular complexity index is 402. The van der Waals surface area contributed by atoms with Crippen LogP contribution in [0.15, 0.2) is 24.3 Å². The predicted octanol–water partition coefficient (Wildman–Crippen LogP) is 0.528. The van der Waals surface area contributed by atoms with Gasteiger partial charge in [-0.25, -0.2) is 0 Å². The lowest BCUT2D eigenvalue weighted by Gasteiger charge is -2.10. The monoisotopic (exact) mass is 220 g/mol. The van der Waals surface area contributed by atoms with E-state index in [1.54, 1.807) is 6.92 Å². The van der Waals surface area contributed by atoms with E-state index in [4.69, 9.17) is 5.73 Å². The van der Waals surface area contributed by atoms with Gasteiger partial charge < -0.3 is 11.1 Å². The van der Waals surface area contributed by atoms with E-state index in [0.29, 0.717) is 0 Å². The Kier molecular flexibility index (Phi) is 4.05. The lowest BCUT2D eigenvalue weighted by Crippen LogP contribution is -2.42. The van der Waals surface area contributed by atoms with Gasteiger partial charge in [0, 0.05) is 0 Å². The van der Waals surface area contributed by atoms with Crippen molar-refractivity contribution in [2.24, 2.45) is 5.73 Å². The van der Waals surface area contributed by atoms with Crippen molar-refractivity contribution < 1.29 is 9.59 Å². The number of primary amides is 1. The molecule has 1 unspecified atom stereocenters. The van der Waals surface area contributed by atoms with Crippen LogP contribution in [0.1, 0.15) is 18.1 Å². The second-order valence-corrected chi connectivity index (χ2v) is 3.86. The van der Waals surface area contributed by atoms with E-state index >= 15 is 0 Å². The minimum Gasteiger partial charge on any atom is -0.368 e. The molecular weight excluding hydrogens is 204 g/mol. The van der Waals surface area contributed by atoms with Crippen molar-refractivity contribution in [3.8, 4) is 0 Å². The number of rotatable bonds is 4. The van der Waals surface area contributed by atoms with Crippen LogP contribution in [0.2, 0.25) is 0 Å². The van der Waals surface area contributed by atoms with Gasteiger partial charge in [0.05, 0.1) is 6.42 Å². The van der Waals surface area contributed by atoms with Gasteiger partial charge in [0.15, 0.2) is 0 Å². The van der Waals surface area contributed by atoms with Crippen molar-refractivity contribution in [1.29, 1.82) is 0 Å². The molecule has 0 aliphatic heterocycles. The van der Waals surface area contributed by atoms with Crippen LogP contribution >= 0.6 is 0 Å². The van der Waals surface area contributed by atoms with E-state index in [1.165, 1.54) is 0 Å². The summed E-state index contributed by atoms with van der Waals surface area (Å²) < 4.78 is 0. The highest BCUT2D eigenvalue weighted by atomic mass is 16.2. The van der Waals surface area contributed by atoms with Crippen LogP contribution in [0.25, 0.3) is 0 Å². The number of carbonyl (C=O) groups excluding carboxylic acids is 2. The molecule has 1 aromatic rings. The summed E-state index contributed by atoms with van der Waals surface area (Å²) in [6.45, 7) is 3.53. The average molecular weight is 220 g/mol. The quantitative estimate of drug-likeness (QED) is 0.776. The summed E-state index contributed by atoms with van der Waals surface area (Å²) in [6, 6.07) is 7.05. The molecule has 3 N–H and O–H groups in total. The maximum atomic E-state index is 11.5. The second kappa shape index (κ2) is 5.30. The topological polar surface area (TPSA) is 72.2 Å². The van der Waals surface area contributed by atoms with Crippen LogP contribution in [-0.2, 0) is 16.0 Å². The molecule has 16 heavy (non-hydrogen) atoms. The van der Waals surface area contributed by atoms with Gasteiger partial charge in [-0.2, -0.15) is 0 Å². The van der Waals surface area contributed by atoms with Crippen LogP contribution in [0.3, 0.4) is 0 Å². The van der Waals surface area contributed by atoms with E-state index in [0.717, 1.165) is 11.1 Å². The first-order valence-corrected chi connectivity index (χ1v) is 5.13. The van der Waals surface area contributed by atoms with Gasteiger partial charge in [-0.3, -0.25) is 9.59 Å². The van der Waals surface area contributed by atoms with E-state index < -0.39 is 11.9 Å². The molecule has 1 aromatic carbocycles. The molecule has 0 saturated heterocycles. The third-order valence-corrected chi connectivity index (χ3v) is 2.25. The van der Waals surface area contributed by atoms with E-state index in [9.17, 15) is 9.59 Å². The molecule has 1 atom stereocenters. The smallest absolute Gasteiger partial charge is 0.239 e. The van der Waals surface area contributed by atoms with Gasteiger partial charge >= 0.3 is 0 Å². The predicted molar refractivity (Wildman–Crippen MR) is 61.7 cm³/mol. The highest BCUT2D eigenvalue weighted by molar-refractivity contribution is 5.87. The zero-order valence-electron chi connectivity index (χ0n) is 9.49. The first-order chi connectivity index (χ1) is 7.49. The largest absolute Gasteiger partial charge is 0.368 e. The number of amides is 2. The van der Waals surface area contributed by atoms with Gasteiger partial charge in [-0.15, -0.1) is 0 Å². The lowest BCUT2D eigenvalue weighted by molar-refractivity contribution is -0.126. The minimum atomic E-state index is -0.627. The molecule has 0 saturated carbocycles. The minimum absolute atomic E-state index is 0.197. The second-order valence-electron chi connectivity index (χ2n) is 3.86. The summed E-state index contributed by atoms with van der Waals surface area (Å²) in [7, 11) is 0. The molecule has 0 fully saturated rings. The maximum Gasteiger partial charge on any atom is 0.239 e. The number of carbonyl (C=O) groups is 2. The van der Waals surface area contributed by atoms with Crippen molar-refractivity contribution >= 4 is 11.8 Å². The summed E-state index contributed by atoms with van der Waals surface area (Å²) in [4.78, 5) is 22.3. The summed E-state index contributed by atoms with van der Waals surface area (Å²) in [6.07, 6.45) is 0.263. The third-order valence-electron chi connectivity index (χ3n) is 2.25. The van der Waals surface area contributed by atoms with Gasteiger partial charge in [-0.05, 0) is 19.4 Å². The fraction of sp³-hybridized carbons (Fsp3) is 0.333. The molecule has 4 heteroatoms. The number of nitrogens with one attached hydrogen (secondary N) is 1.